The van der Waals surface area contributed by atoms with Gasteiger partial charge in [0.25, 0.3) is 0 Å². The number of aromatic nitrogens is 1. The SMILES string of the molecule is N#CCCN(Cc1cccc(Cl)n1)c1ccccc1. The Balaban J connectivity index is 2.17. The van der Waals surface area contributed by atoms with Crippen LogP contribution in [0.5, 0.6) is 0 Å². The van der Waals surface area contributed by atoms with Crippen LogP contribution in [0.1, 0.15) is 12.1 Å². The Morgan fingerprint density at radius 3 is 2.58 bits per heavy atom. The third-order valence-electron chi connectivity index (χ3n) is 2.74. The van der Waals surface area contributed by atoms with Gasteiger partial charge >= 0.3 is 0 Å². The molecule has 0 unspecified atom stereocenters. The summed E-state index contributed by atoms with van der Waals surface area (Å²) < 4.78 is 0. The van der Waals surface area contributed by atoms with Gasteiger partial charge in [-0.1, -0.05) is 35.9 Å². The van der Waals surface area contributed by atoms with E-state index in [0.29, 0.717) is 24.7 Å². The standard InChI is InChI=1S/C15H14ClN3/c16-15-9-4-6-13(18-15)12-19(11-5-10-17)14-7-2-1-3-8-14/h1-4,6-9H,5,11-12H2. The lowest BCUT2D eigenvalue weighted by Crippen LogP contribution is -2.24. The van der Waals surface area contributed by atoms with Crippen LogP contribution in [-0.2, 0) is 6.54 Å². The molecule has 0 aliphatic rings. The number of nitrogens with zero attached hydrogens (tertiary/aromatic N) is 3. The second kappa shape index (κ2) is 6.77. The van der Waals surface area contributed by atoms with Crippen molar-refractivity contribution >= 4 is 17.3 Å². The highest BCUT2D eigenvalue weighted by atomic mass is 35.5. The fourth-order valence-electron chi connectivity index (χ4n) is 1.86. The zero-order valence-corrected chi connectivity index (χ0v) is 11.2. The molecular formula is C15H14ClN3. The van der Waals surface area contributed by atoms with Gasteiger partial charge in [-0.3, -0.25) is 0 Å². The van der Waals surface area contributed by atoms with Crippen molar-refractivity contribution in [2.75, 3.05) is 11.4 Å². The van der Waals surface area contributed by atoms with E-state index in [9.17, 15) is 0 Å². The number of halogens is 1. The Morgan fingerprint density at radius 2 is 1.89 bits per heavy atom. The monoisotopic (exact) mass is 271 g/mol. The van der Waals surface area contributed by atoms with Crippen LogP contribution in [0.25, 0.3) is 0 Å². The van der Waals surface area contributed by atoms with Crippen LogP contribution in [0.4, 0.5) is 5.69 Å². The van der Waals surface area contributed by atoms with Gasteiger partial charge in [0.1, 0.15) is 5.15 Å². The number of hydrogen-bond donors (Lipinski definition) is 0. The zero-order valence-electron chi connectivity index (χ0n) is 10.5. The molecular weight excluding hydrogens is 258 g/mol. The van der Waals surface area contributed by atoms with Gasteiger partial charge in [0, 0.05) is 12.2 Å². The Labute approximate surface area is 118 Å². The van der Waals surface area contributed by atoms with Crippen molar-refractivity contribution in [3.05, 3.63) is 59.4 Å². The Hall–Kier alpha value is -2.05. The molecule has 0 N–H and O–H groups in total. The van der Waals surface area contributed by atoms with E-state index >= 15 is 0 Å². The van der Waals surface area contributed by atoms with E-state index in [2.05, 4.69) is 16.0 Å². The van der Waals surface area contributed by atoms with Crippen LogP contribution >= 0.6 is 11.6 Å². The largest absolute Gasteiger partial charge is 0.365 e. The predicted molar refractivity (Wildman–Crippen MR) is 77.0 cm³/mol. The number of benzene rings is 1. The van der Waals surface area contributed by atoms with Gasteiger partial charge in [0.2, 0.25) is 0 Å². The summed E-state index contributed by atoms with van der Waals surface area (Å²) in [5.74, 6) is 0. The number of nitriles is 1. The lowest BCUT2D eigenvalue weighted by atomic mass is 10.2. The molecule has 0 atom stereocenters. The first-order valence-electron chi connectivity index (χ1n) is 6.08. The summed E-state index contributed by atoms with van der Waals surface area (Å²) in [7, 11) is 0. The zero-order chi connectivity index (χ0) is 13.5. The van der Waals surface area contributed by atoms with Crippen LogP contribution < -0.4 is 4.90 Å². The van der Waals surface area contributed by atoms with Gasteiger partial charge < -0.3 is 4.90 Å². The lowest BCUT2D eigenvalue weighted by Gasteiger charge is -2.23. The average molecular weight is 272 g/mol. The molecule has 0 bridgehead atoms. The Kier molecular flexibility index (Phi) is 4.77. The van der Waals surface area contributed by atoms with Gasteiger partial charge in [0.05, 0.1) is 24.7 Å². The molecule has 0 saturated heterocycles. The average Bonchev–Trinajstić information content (AvgIpc) is 2.44. The lowest BCUT2D eigenvalue weighted by molar-refractivity contribution is 0.781. The molecule has 2 aromatic rings. The highest BCUT2D eigenvalue weighted by Gasteiger charge is 2.07. The first-order valence-corrected chi connectivity index (χ1v) is 6.46. The van der Waals surface area contributed by atoms with Crippen LogP contribution in [0.2, 0.25) is 5.15 Å². The number of hydrogen-bond acceptors (Lipinski definition) is 3. The summed E-state index contributed by atoms with van der Waals surface area (Å²) >= 11 is 5.90. The normalized spacial score (nSPS) is 9.89. The number of anilines is 1. The van der Waals surface area contributed by atoms with E-state index in [1.54, 1.807) is 6.07 Å². The highest BCUT2D eigenvalue weighted by Crippen LogP contribution is 2.17. The predicted octanol–water partition coefficient (Wildman–Crippen LogP) is 3.66. The maximum absolute atomic E-state index is 8.76. The van der Waals surface area contributed by atoms with Crippen LogP contribution in [0.3, 0.4) is 0 Å². The smallest absolute Gasteiger partial charge is 0.129 e. The first-order chi connectivity index (χ1) is 9.29. The molecule has 0 fully saturated rings. The molecule has 1 aromatic heterocycles. The van der Waals surface area contributed by atoms with Crippen LogP contribution in [-0.4, -0.2) is 11.5 Å². The summed E-state index contributed by atoms with van der Waals surface area (Å²) in [5.41, 5.74) is 1.98. The van der Waals surface area contributed by atoms with E-state index in [0.717, 1.165) is 11.4 Å². The van der Waals surface area contributed by atoms with Gasteiger partial charge in [-0.25, -0.2) is 4.98 Å². The van der Waals surface area contributed by atoms with E-state index in [-0.39, 0.29) is 0 Å². The van der Waals surface area contributed by atoms with E-state index < -0.39 is 0 Å². The van der Waals surface area contributed by atoms with Gasteiger partial charge in [-0.15, -0.1) is 0 Å². The summed E-state index contributed by atoms with van der Waals surface area (Å²) in [6, 6.07) is 17.8. The van der Waals surface area contributed by atoms with E-state index in [4.69, 9.17) is 16.9 Å². The molecule has 0 aliphatic heterocycles. The fraction of sp³-hybridized carbons (Fsp3) is 0.200. The van der Waals surface area contributed by atoms with Crippen molar-refractivity contribution < 1.29 is 0 Å². The minimum atomic E-state index is 0.482. The summed E-state index contributed by atoms with van der Waals surface area (Å²) in [6.07, 6.45) is 0.482. The molecule has 3 nitrogen and oxygen atoms in total. The summed E-state index contributed by atoms with van der Waals surface area (Å²) in [5, 5.41) is 9.25. The second-order valence-electron chi connectivity index (χ2n) is 4.12. The maximum atomic E-state index is 8.76. The van der Waals surface area contributed by atoms with Gasteiger partial charge in [-0.2, -0.15) is 5.26 Å². The molecule has 1 heterocycles. The first kappa shape index (κ1) is 13.4. The van der Waals surface area contributed by atoms with Crippen molar-refractivity contribution in [2.45, 2.75) is 13.0 Å². The van der Waals surface area contributed by atoms with Crippen molar-refractivity contribution in [3.8, 4) is 6.07 Å². The van der Waals surface area contributed by atoms with Crippen LogP contribution in [0.15, 0.2) is 48.5 Å². The van der Waals surface area contributed by atoms with Crippen molar-refractivity contribution in [3.63, 3.8) is 0 Å². The fourth-order valence-corrected chi connectivity index (χ4v) is 2.04. The van der Waals surface area contributed by atoms with E-state index in [1.165, 1.54) is 0 Å². The molecule has 96 valence electrons. The van der Waals surface area contributed by atoms with Crippen molar-refractivity contribution in [1.29, 1.82) is 5.26 Å². The summed E-state index contributed by atoms with van der Waals surface area (Å²) in [6.45, 7) is 1.32. The number of para-hydroxylation sites is 1. The van der Waals surface area contributed by atoms with Gasteiger partial charge in [-0.05, 0) is 24.3 Å². The molecule has 2 rings (SSSR count). The van der Waals surface area contributed by atoms with Gasteiger partial charge in [0.15, 0.2) is 0 Å². The van der Waals surface area contributed by atoms with Crippen molar-refractivity contribution in [2.24, 2.45) is 0 Å². The molecule has 1 aromatic carbocycles. The highest BCUT2D eigenvalue weighted by molar-refractivity contribution is 6.29. The molecule has 0 saturated carbocycles. The molecule has 0 amide bonds. The topological polar surface area (TPSA) is 39.9 Å². The minimum Gasteiger partial charge on any atom is -0.365 e. The number of rotatable bonds is 5. The maximum Gasteiger partial charge on any atom is 0.129 e. The third kappa shape index (κ3) is 3.97. The molecule has 0 spiro atoms. The third-order valence-corrected chi connectivity index (χ3v) is 2.95. The minimum absolute atomic E-state index is 0.482. The molecule has 0 radical (unpaired) electrons. The molecule has 19 heavy (non-hydrogen) atoms. The van der Waals surface area contributed by atoms with E-state index in [1.807, 2.05) is 42.5 Å². The Bertz CT molecular complexity index is 563. The number of pyridine rings is 1. The van der Waals surface area contributed by atoms with Crippen LogP contribution in [0, 0.1) is 11.3 Å². The second-order valence-corrected chi connectivity index (χ2v) is 4.50. The Morgan fingerprint density at radius 1 is 1.11 bits per heavy atom. The molecule has 0 aliphatic carbocycles. The molecule has 4 heteroatoms. The van der Waals surface area contributed by atoms with Crippen molar-refractivity contribution in [1.82, 2.24) is 4.98 Å². The summed E-state index contributed by atoms with van der Waals surface area (Å²) in [4.78, 5) is 6.41. The quantitative estimate of drug-likeness (QED) is 0.779.